The van der Waals surface area contributed by atoms with Crippen molar-refractivity contribution in [3.8, 4) is 0 Å². The van der Waals surface area contributed by atoms with Crippen LogP contribution in [0.15, 0.2) is 29.3 Å². The smallest absolute Gasteiger partial charge is 0.283 e. The van der Waals surface area contributed by atoms with Crippen molar-refractivity contribution in [2.24, 2.45) is 16.6 Å². The predicted molar refractivity (Wildman–Crippen MR) is 69.5 cm³/mol. The van der Waals surface area contributed by atoms with Crippen LogP contribution in [0.4, 0.5) is 8.78 Å². The van der Waals surface area contributed by atoms with Crippen LogP contribution in [0.25, 0.3) is 0 Å². The van der Waals surface area contributed by atoms with Gasteiger partial charge in [-0.05, 0) is 6.07 Å². The number of hydrogen-bond donors (Lipinski definition) is 1. The van der Waals surface area contributed by atoms with Crippen LogP contribution in [0.5, 0.6) is 0 Å². The summed E-state index contributed by atoms with van der Waals surface area (Å²) >= 11 is 0. The lowest BCUT2D eigenvalue weighted by atomic mass is 9.74. The van der Waals surface area contributed by atoms with E-state index in [1.54, 1.807) is 18.2 Å². The van der Waals surface area contributed by atoms with E-state index in [4.69, 9.17) is 15.2 Å². The van der Waals surface area contributed by atoms with E-state index in [0.717, 1.165) is 0 Å². The SMILES string of the molecule is NC1=N[C@](CF)(c2ccccc2F)[C@@H]2COCC[C@H]2O1. The topological polar surface area (TPSA) is 56.8 Å². The first-order valence-corrected chi connectivity index (χ1v) is 6.58. The molecule has 2 heterocycles. The maximum atomic E-state index is 14.1. The van der Waals surface area contributed by atoms with Gasteiger partial charge in [-0.25, -0.2) is 13.8 Å². The first-order valence-electron chi connectivity index (χ1n) is 6.58. The van der Waals surface area contributed by atoms with E-state index in [1.165, 1.54) is 6.07 Å². The molecule has 0 spiro atoms. The number of amidine groups is 1. The lowest BCUT2D eigenvalue weighted by molar-refractivity contribution is -0.0785. The van der Waals surface area contributed by atoms with Crippen molar-refractivity contribution in [1.29, 1.82) is 0 Å². The summed E-state index contributed by atoms with van der Waals surface area (Å²) in [5, 5.41) is 0. The van der Waals surface area contributed by atoms with Crippen molar-refractivity contribution in [2.45, 2.75) is 18.1 Å². The fourth-order valence-electron chi connectivity index (χ4n) is 3.04. The summed E-state index contributed by atoms with van der Waals surface area (Å²) in [7, 11) is 0. The summed E-state index contributed by atoms with van der Waals surface area (Å²) in [6.07, 6.45) is 0.300. The average Bonchev–Trinajstić information content (AvgIpc) is 2.46. The van der Waals surface area contributed by atoms with E-state index in [-0.39, 0.29) is 30.2 Å². The van der Waals surface area contributed by atoms with Gasteiger partial charge in [-0.1, -0.05) is 18.2 Å². The Morgan fingerprint density at radius 3 is 2.95 bits per heavy atom. The number of ether oxygens (including phenoxy) is 2. The Hall–Kier alpha value is -1.69. The Balaban J connectivity index is 2.14. The van der Waals surface area contributed by atoms with Gasteiger partial charge in [0.1, 0.15) is 24.1 Å². The Kier molecular flexibility index (Phi) is 3.33. The molecule has 1 aromatic rings. The van der Waals surface area contributed by atoms with Gasteiger partial charge in [0, 0.05) is 12.0 Å². The third-order valence-electron chi connectivity index (χ3n) is 4.03. The number of halogens is 2. The molecule has 1 fully saturated rings. The van der Waals surface area contributed by atoms with Gasteiger partial charge in [0.25, 0.3) is 6.02 Å². The number of nitrogens with zero attached hydrogens (tertiary/aromatic N) is 1. The van der Waals surface area contributed by atoms with Crippen LogP contribution in [-0.2, 0) is 15.0 Å². The minimum atomic E-state index is -1.36. The summed E-state index contributed by atoms with van der Waals surface area (Å²) in [6, 6.07) is 5.98. The summed E-state index contributed by atoms with van der Waals surface area (Å²) < 4.78 is 38.9. The Morgan fingerprint density at radius 2 is 2.20 bits per heavy atom. The molecule has 6 heteroatoms. The second-order valence-electron chi connectivity index (χ2n) is 5.11. The van der Waals surface area contributed by atoms with Crippen LogP contribution in [0, 0.1) is 11.7 Å². The molecule has 1 aromatic carbocycles. The van der Waals surface area contributed by atoms with Gasteiger partial charge in [0.15, 0.2) is 0 Å². The molecule has 3 rings (SSSR count). The molecule has 0 aliphatic carbocycles. The maximum absolute atomic E-state index is 14.1. The van der Waals surface area contributed by atoms with Crippen LogP contribution >= 0.6 is 0 Å². The summed E-state index contributed by atoms with van der Waals surface area (Å²) in [5.74, 6) is -0.877. The molecule has 0 bridgehead atoms. The number of aliphatic imine (C=N–C) groups is 1. The lowest BCUT2D eigenvalue weighted by Gasteiger charge is -2.45. The quantitative estimate of drug-likeness (QED) is 0.899. The molecule has 0 saturated carbocycles. The highest BCUT2D eigenvalue weighted by molar-refractivity contribution is 5.73. The molecule has 20 heavy (non-hydrogen) atoms. The zero-order valence-corrected chi connectivity index (χ0v) is 10.9. The molecular formula is C14H16F2N2O2. The molecule has 0 unspecified atom stereocenters. The number of fused-ring (bicyclic) bond motifs is 1. The number of hydrogen-bond acceptors (Lipinski definition) is 4. The van der Waals surface area contributed by atoms with E-state index in [9.17, 15) is 8.78 Å². The molecule has 108 valence electrons. The molecule has 0 aromatic heterocycles. The fourth-order valence-corrected chi connectivity index (χ4v) is 3.04. The molecule has 2 aliphatic heterocycles. The Morgan fingerprint density at radius 1 is 1.40 bits per heavy atom. The second-order valence-corrected chi connectivity index (χ2v) is 5.11. The van der Waals surface area contributed by atoms with Crippen molar-refractivity contribution in [2.75, 3.05) is 19.9 Å². The molecule has 4 nitrogen and oxygen atoms in total. The van der Waals surface area contributed by atoms with Gasteiger partial charge in [-0.15, -0.1) is 0 Å². The number of rotatable bonds is 2. The van der Waals surface area contributed by atoms with E-state index in [2.05, 4.69) is 4.99 Å². The molecule has 0 radical (unpaired) electrons. The highest BCUT2D eigenvalue weighted by Gasteiger charge is 2.51. The van der Waals surface area contributed by atoms with E-state index in [0.29, 0.717) is 13.0 Å². The summed E-state index contributed by atoms with van der Waals surface area (Å²) in [4.78, 5) is 4.12. The zero-order chi connectivity index (χ0) is 14.2. The van der Waals surface area contributed by atoms with Crippen molar-refractivity contribution < 1.29 is 18.3 Å². The fraction of sp³-hybridized carbons (Fsp3) is 0.500. The van der Waals surface area contributed by atoms with E-state index >= 15 is 0 Å². The third-order valence-corrected chi connectivity index (χ3v) is 4.03. The standard InChI is InChI=1S/C14H16F2N2O2/c15-8-14(9-3-1-2-4-11(9)16)10-7-19-6-5-12(10)20-13(17)18-14/h1-4,10,12H,5-8H2,(H2,17,18)/t10-,12-,14-/m1/s1. The van der Waals surface area contributed by atoms with E-state index in [1.807, 2.05) is 0 Å². The van der Waals surface area contributed by atoms with Gasteiger partial charge in [-0.2, -0.15) is 0 Å². The molecular weight excluding hydrogens is 266 g/mol. The van der Waals surface area contributed by atoms with Crippen molar-refractivity contribution in [1.82, 2.24) is 0 Å². The van der Waals surface area contributed by atoms with Crippen LogP contribution in [-0.4, -0.2) is 32.0 Å². The highest BCUT2D eigenvalue weighted by Crippen LogP contribution is 2.43. The summed E-state index contributed by atoms with van der Waals surface area (Å²) in [5.41, 5.74) is 4.52. The predicted octanol–water partition coefficient (Wildman–Crippen LogP) is 1.74. The average molecular weight is 282 g/mol. The minimum Gasteiger partial charge on any atom is -0.462 e. The molecule has 2 N–H and O–H groups in total. The minimum absolute atomic E-state index is 0.0888. The van der Waals surface area contributed by atoms with Crippen molar-refractivity contribution in [3.05, 3.63) is 35.6 Å². The number of alkyl halides is 1. The third kappa shape index (κ3) is 1.95. The van der Waals surface area contributed by atoms with Crippen molar-refractivity contribution in [3.63, 3.8) is 0 Å². The molecule has 2 aliphatic rings. The number of nitrogens with two attached hydrogens (primary N) is 1. The highest BCUT2D eigenvalue weighted by atomic mass is 19.1. The molecule has 3 atom stereocenters. The van der Waals surface area contributed by atoms with Gasteiger partial charge in [-0.3, -0.25) is 0 Å². The van der Waals surface area contributed by atoms with Gasteiger partial charge < -0.3 is 15.2 Å². The second kappa shape index (κ2) is 5.01. The van der Waals surface area contributed by atoms with Gasteiger partial charge in [0.05, 0.1) is 19.1 Å². The van der Waals surface area contributed by atoms with Crippen molar-refractivity contribution >= 4 is 6.02 Å². The monoisotopic (exact) mass is 282 g/mol. The zero-order valence-electron chi connectivity index (χ0n) is 10.9. The molecule has 0 amide bonds. The normalized spacial score (nSPS) is 33.0. The summed E-state index contributed by atoms with van der Waals surface area (Å²) in [6.45, 7) is -0.0453. The first kappa shape index (κ1) is 13.3. The van der Waals surface area contributed by atoms with Gasteiger partial charge in [0.2, 0.25) is 0 Å². The maximum Gasteiger partial charge on any atom is 0.283 e. The Bertz CT molecular complexity index is 538. The van der Waals surface area contributed by atoms with E-state index < -0.39 is 18.0 Å². The van der Waals surface area contributed by atoms with Crippen LogP contribution < -0.4 is 5.73 Å². The van der Waals surface area contributed by atoms with Crippen LogP contribution in [0.2, 0.25) is 0 Å². The molecule has 1 saturated heterocycles. The Labute approximate surface area is 115 Å². The van der Waals surface area contributed by atoms with Crippen LogP contribution in [0.1, 0.15) is 12.0 Å². The number of benzene rings is 1. The van der Waals surface area contributed by atoms with Gasteiger partial charge >= 0.3 is 0 Å². The van der Waals surface area contributed by atoms with Crippen LogP contribution in [0.3, 0.4) is 0 Å². The first-order chi connectivity index (χ1) is 9.67. The largest absolute Gasteiger partial charge is 0.462 e. The lowest BCUT2D eigenvalue weighted by Crippen LogP contribution is -2.54.